The first-order valence-electron chi connectivity index (χ1n) is 33.6. The predicted octanol–water partition coefficient (Wildman–Crippen LogP) is 24.6. The van der Waals surface area contributed by atoms with Crippen LogP contribution < -0.4 is 9.80 Å². The van der Waals surface area contributed by atoms with Gasteiger partial charge < -0.3 is 9.80 Å². The summed E-state index contributed by atoms with van der Waals surface area (Å²) in [6.45, 7) is 26.1. The molecule has 0 saturated heterocycles. The summed E-state index contributed by atoms with van der Waals surface area (Å²) in [6, 6.07) is 76.9. The van der Waals surface area contributed by atoms with Gasteiger partial charge in [-0.2, -0.15) is 0 Å². The molecule has 2 nitrogen and oxygen atoms in total. The van der Waals surface area contributed by atoms with Crippen LogP contribution in [0.5, 0.6) is 0 Å². The fourth-order valence-corrected chi connectivity index (χ4v) is 14.7. The molecular formula is C84H100N2. The summed E-state index contributed by atoms with van der Waals surface area (Å²) < 4.78 is 0. The molecule has 0 aromatic heterocycles. The van der Waals surface area contributed by atoms with Crippen LogP contribution in [0.1, 0.15) is 200 Å². The van der Waals surface area contributed by atoms with E-state index >= 15 is 0 Å². The molecule has 0 amide bonds. The van der Waals surface area contributed by atoms with Gasteiger partial charge in [-0.1, -0.05) is 284 Å². The highest BCUT2D eigenvalue weighted by atomic mass is 15.2. The second-order valence-corrected chi connectivity index (χ2v) is 26.5. The molecule has 0 spiro atoms. The van der Waals surface area contributed by atoms with Gasteiger partial charge in [0.05, 0.1) is 6.04 Å². The van der Waals surface area contributed by atoms with Gasteiger partial charge in [-0.05, 0) is 184 Å². The van der Waals surface area contributed by atoms with E-state index in [9.17, 15) is 0 Å². The van der Waals surface area contributed by atoms with E-state index < -0.39 is 0 Å². The minimum absolute atomic E-state index is 0.0826. The standard InChI is InChI=1S/C84H100N2/c1-12-18-20-28-58-84(59-29-21-19-13-2)79-60-75(85(72-32-26-23-27-33-72)73-50-40-67(41-51-73)63-30-24-22-25-31-63)54-56-77(79)78-57-55-76(61-80(78)84)86(82(10,16-5)17-6)74-52-42-68(43-53-74)66-38-48-71(49-39-66)83(11,62(7)8)70-46-36-65(37-47-70)64-34-44-69(45-35-64)81(9,14-3)15-4/h22-27,30-53,55-57,60-62,75H,12-21,28-29,54,58-59H2,1-11H3. The molecule has 2 unspecified atom stereocenters. The Morgan fingerprint density at radius 2 is 0.872 bits per heavy atom. The van der Waals surface area contributed by atoms with E-state index in [0.717, 1.165) is 32.1 Å². The third-order valence-corrected chi connectivity index (χ3v) is 21.4. The molecular weight excluding hydrogens is 1040 g/mol. The Labute approximate surface area is 520 Å². The Balaban J connectivity index is 0.982. The lowest BCUT2D eigenvalue weighted by Gasteiger charge is -2.43. The van der Waals surface area contributed by atoms with Crippen molar-refractivity contribution in [2.75, 3.05) is 9.80 Å². The summed E-state index contributed by atoms with van der Waals surface area (Å²) in [5.74, 6) is 0.399. The van der Waals surface area contributed by atoms with Crippen LogP contribution in [0.15, 0.2) is 218 Å². The molecule has 86 heavy (non-hydrogen) atoms. The molecule has 0 radical (unpaired) electrons. The Bertz CT molecular complexity index is 3490. The molecule has 2 aliphatic carbocycles. The topological polar surface area (TPSA) is 6.48 Å². The summed E-state index contributed by atoms with van der Waals surface area (Å²) >= 11 is 0. The Morgan fingerprint density at radius 3 is 1.34 bits per heavy atom. The van der Waals surface area contributed by atoms with Crippen molar-refractivity contribution in [3.63, 3.8) is 0 Å². The Kier molecular flexibility index (Phi) is 19.6. The molecule has 0 heterocycles. The summed E-state index contributed by atoms with van der Waals surface area (Å²) in [6.07, 6.45) is 23.1. The molecule has 0 N–H and O–H groups in total. The van der Waals surface area contributed by atoms with Crippen molar-refractivity contribution in [2.45, 2.75) is 200 Å². The van der Waals surface area contributed by atoms with Crippen molar-refractivity contribution in [1.29, 1.82) is 0 Å². The zero-order valence-corrected chi connectivity index (χ0v) is 54.4. The first-order chi connectivity index (χ1) is 41.8. The number of benzene rings is 8. The van der Waals surface area contributed by atoms with Crippen LogP contribution in [0.25, 0.3) is 39.0 Å². The lowest BCUT2D eigenvalue weighted by atomic mass is 9.68. The Morgan fingerprint density at radius 1 is 0.442 bits per heavy atom. The molecule has 2 atom stereocenters. The van der Waals surface area contributed by atoms with Gasteiger partial charge in [0, 0.05) is 39.1 Å². The van der Waals surface area contributed by atoms with Gasteiger partial charge in [0.1, 0.15) is 0 Å². The van der Waals surface area contributed by atoms with Crippen LogP contribution in [-0.4, -0.2) is 11.6 Å². The number of anilines is 4. The highest BCUT2D eigenvalue weighted by molar-refractivity contribution is 5.93. The van der Waals surface area contributed by atoms with Gasteiger partial charge in [0.15, 0.2) is 0 Å². The van der Waals surface area contributed by atoms with Gasteiger partial charge in [-0.15, -0.1) is 0 Å². The van der Waals surface area contributed by atoms with Crippen LogP contribution in [0.2, 0.25) is 0 Å². The summed E-state index contributed by atoms with van der Waals surface area (Å²) in [5, 5.41) is 0. The summed E-state index contributed by atoms with van der Waals surface area (Å²) in [7, 11) is 0. The van der Waals surface area contributed by atoms with Crippen LogP contribution in [0.3, 0.4) is 0 Å². The number of fused-ring (bicyclic) bond motifs is 3. The normalized spacial score (nSPS) is 15.4. The number of para-hydroxylation sites is 1. The lowest BCUT2D eigenvalue weighted by molar-refractivity contribution is 0.398. The zero-order valence-electron chi connectivity index (χ0n) is 54.4. The summed E-state index contributed by atoms with van der Waals surface area (Å²) in [5.41, 5.74) is 22.7. The molecule has 0 bridgehead atoms. The molecule has 2 aliphatic rings. The van der Waals surface area contributed by atoms with Crippen LogP contribution in [0, 0.1) is 5.92 Å². The van der Waals surface area contributed by atoms with Gasteiger partial charge in [-0.3, -0.25) is 0 Å². The van der Waals surface area contributed by atoms with Crippen LogP contribution in [-0.2, 0) is 16.2 Å². The smallest absolute Gasteiger partial charge is 0.0563 e. The monoisotopic (exact) mass is 1140 g/mol. The molecule has 0 saturated carbocycles. The van der Waals surface area contributed by atoms with Crippen molar-refractivity contribution in [2.24, 2.45) is 5.92 Å². The van der Waals surface area contributed by atoms with E-state index in [4.69, 9.17) is 0 Å². The highest BCUT2D eigenvalue weighted by Gasteiger charge is 2.47. The average molecular weight is 1140 g/mol. The van der Waals surface area contributed by atoms with Gasteiger partial charge in [-0.25, -0.2) is 0 Å². The van der Waals surface area contributed by atoms with E-state index in [0.29, 0.717) is 5.92 Å². The van der Waals surface area contributed by atoms with Crippen LogP contribution >= 0.6 is 0 Å². The van der Waals surface area contributed by atoms with Crippen molar-refractivity contribution >= 4 is 28.3 Å². The van der Waals surface area contributed by atoms with Gasteiger partial charge in [0.2, 0.25) is 0 Å². The third kappa shape index (κ3) is 12.4. The zero-order chi connectivity index (χ0) is 60.5. The second kappa shape index (κ2) is 27.3. The maximum atomic E-state index is 2.74. The molecule has 446 valence electrons. The van der Waals surface area contributed by atoms with Crippen molar-refractivity contribution in [3.8, 4) is 33.4 Å². The van der Waals surface area contributed by atoms with E-state index in [1.165, 1.54) is 148 Å². The van der Waals surface area contributed by atoms with E-state index in [1.807, 2.05) is 0 Å². The first-order valence-corrected chi connectivity index (χ1v) is 33.6. The highest BCUT2D eigenvalue weighted by Crippen LogP contribution is 2.59. The number of allylic oxidation sites excluding steroid dienone is 2. The average Bonchev–Trinajstić information content (AvgIpc) is 1.63. The molecule has 0 aliphatic heterocycles. The van der Waals surface area contributed by atoms with E-state index in [-0.39, 0.29) is 27.8 Å². The number of rotatable bonds is 27. The third-order valence-electron chi connectivity index (χ3n) is 21.4. The molecule has 8 aromatic rings. The maximum absolute atomic E-state index is 2.74. The SMILES string of the molecule is CCCCCCC1(CCCCCC)C2=CC(N(c3ccccc3)c3ccc(-c4ccccc4)cc3)CC=C2c2ccc(N(c3ccc(-c4ccc(C(C)(c5ccc(-c6ccc(C(C)(CC)CC)cc6)cc5)C(C)C)cc4)cc3)C(C)(CC)CC)cc21. The Hall–Kier alpha value is -7.16. The summed E-state index contributed by atoms with van der Waals surface area (Å²) in [4.78, 5) is 5.33. The number of hydrogen-bond donors (Lipinski definition) is 0. The van der Waals surface area contributed by atoms with Gasteiger partial charge >= 0.3 is 0 Å². The fraction of sp³-hybridized carbons (Fsp3) is 0.381. The fourth-order valence-electron chi connectivity index (χ4n) is 14.7. The van der Waals surface area contributed by atoms with E-state index in [1.54, 1.807) is 11.1 Å². The molecule has 10 rings (SSSR count). The molecule has 2 heteroatoms. The van der Waals surface area contributed by atoms with Crippen molar-refractivity contribution < 1.29 is 0 Å². The first kappa shape index (κ1) is 61.9. The predicted molar refractivity (Wildman–Crippen MR) is 375 cm³/mol. The van der Waals surface area contributed by atoms with Crippen LogP contribution in [0.4, 0.5) is 22.7 Å². The largest absolute Gasteiger partial charge is 0.336 e. The van der Waals surface area contributed by atoms with Gasteiger partial charge in [0.25, 0.3) is 0 Å². The number of nitrogens with zero attached hydrogens (tertiary/aromatic N) is 2. The quantitative estimate of drug-likeness (QED) is 0.0474. The minimum Gasteiger partial charge on any atom is -0.336 e. The van der Waals surface area contributed by atoms with E-state index in [2.05, 4.69) is 298 Å². The maximum Gasteiger partial charge on any atom is 0.0563 e. The minimum atomic E-state index is -0.149. The molecule has 8 aromatic carbocycles. The molecule has 0 fully saturated rings. The van der Waals surface area contributed by atoms with Crippen molar-refractivity contribution in [1.82, 2.24) is 0 Å². The second-order valence-electron chi connectivity index (χ2n) is 26.5. The lowest BCUT2D eigenvalue weighted by Crippen LogP contribution is -2.42. The number of unbranched alkanes of at least 4 members (excludes halogenated alkanes) is 6. The number of hydrogen-bond acceptors (Lipinski definition) is 2. The van der Waals surface area contributed by atoms with Crippen molar-refractivity contribution in [3.05, 3.63) is 246 Å².